The molecule has 6 heteroatoms. The number of amides is 1. The van der Waals surface area contributed by atoms with Gasteiger partial charge in [-0.15, -0.1) is 11.3 Å². The van der Waals surface area contributed by atoms with Crippen LogP contribution in [0.3, 0.4) is 0 Å². The largest absolute Gasteiger partial charge is 0.363 e. The van der Waals surface area contributed by atoms with Crippen molar-refractivity contribution >= 4 is 34.7 Å². The van der Waals surface area contributed by atoms with Gasteiger partial charge in [0.25, 0.3) is 5.91 Å². The third kappa shape index (κ3) is 3.68. The van der Waals surface area contributed by atoms with E-state index in [1.54, 1.807) is 18.3 Å². The van der Waals surface area contributed by atoms with Gasteiger partial charge in [0, 0.05) is 30.7 Å². The van der Waals surface area contributed by atoms with Crippen molar-refractivity contribution in [2.24, 2.45) is 0 Å². The summed E-state index contributed by atoms with van der Waals surface area (Å²) in [6.45, 7) is 0.482. The van der Waals surface area contributed by atoms with E-state index in [1.807, 2.05) is 31.1 Å². The van der Waals surface area contributed by atoms with Crippen LogP contribution in [0, 0.1) is 0 Å². The fourth-order valence-electron chi connectivity index (χ4n) is 1.52. The van der Waals surface area contributed by atoms with Crippen LogP contribution >= 0.6 is 22.9 Å². The average Bonchev–Trinajstić information content (AvgIpc) is 2.82. The Morgan fingerprint density at radius 2 is 2.21 bits per heavy atom. The Labute approximate surface area is 121 Å². The summed E-state index contributed by atoms with van der Waals surface area (Å²) < 4.78 is 0.725. The topological polar surface area (TPSA) is 45.2 Å². The summed E-state index contributed by atoms with van der Waals surface area (Å²) in [5.41, 5.74) is 0.598. The van der Waals surface area contributed by atoms with Gasteiger partial charge >= 0.3 is 0 Å². The van der Waals surface area contributed by atoms with Gasteiger partial charge in [0.1, 0.15) is 5.82 Å². The van der Waals surface area contributed by atoms with Crippen molar-refractivity contribution in [2.75, 3.05) is 19.0 Å². The average molecular weight is 296 g/mol. The Morgan fingerprint density at radius 1 is 1.42 bits per heavy atom. The fourth-order valence-corrected chi connectivity index (χ4v) is 2.55. The number of hydrogen-bond donors (Lipinski definition) is 1. The number of carbonyl (C=O) groups is 1. The molecule has 0 unspecified atom stereocenters. The van der Waals surface area contributed by atoms with E-state index in [1.165, 1.54) is 11.3 Å². The van der Waals surface area contributed by atoms with E-state index in [0.29, 0.717) is 12.1 Å². The van der Waals surface area contributed by atoms with Gasteiger partial charge in [-0.3, -0.25) is 4.79 Å². The molecule has 2 aromatic rings. The summed E-state index contributed by atoms with van der Waals surface area (Å²) in [6, 6.07) is 7.19. The Hall–Kier alpha value is -1.59. The molecule has 2 aromatic heterocycles. The lowest BCUT2D eigenvalue weighted by molar-refractivity contribution is 0.0951. The lowest BCUT2D eigenvalue weighted by Gasteiger charge is -2.12. The van der Waals surface area contributed by atoms with Crippen molar-refractivity contribution < 1.29 is 4.79 Å². The molecule has 0 aliphatic rings. The van der Waals surface area contributed by atoms with Crippen molar-refractivity contribution in [2.45, 2.75) is 6.54 Å². The minimum absolute atomic E-state index is 0.116. The maximum Gasteiger partial charge on any atom is 0.251 e. The Bertz CT molecular complexity index is 583. The fraction of sp³-hybridized carbons (Fsp3) is 0.231. The first kappa shape index (κ1) is 13.8. The lowest BCUT2D eigenvalue weighted by Crippen LogP contribution is -2.23. The van der Waals surface area contributed by atoms with E-state index in [4.69, 9.17) is 11.6 Å². The van der Waals surface area contributed by atoms with Gasteiger partial charge < -0.3 is 10.2 Å². The molecule has 4 nitrogen and oxygen atoms in total. The van der Waals surface area contributed by atoms with E-state index in [-0.39, 0.29) is 5.91 Å². The standard InChI is InChI=1S/C13H14ClN3OS/c1-17(2)12-7-9(5-6-15-12)13(18)16-8-10-3-4-11(14)19-10/h3-7H,8H2,1-2H3,(H,16,18). The van der Waals surface area contributed by atoms with Crippen LogP contribution in [0.2, 0.25) is 4.34 Å². The van der Waals surface area contributed by atoms with Crippen LogP contribution < -0.4 is 10.2 Å². The molecule has 2 rings (SSSR count). The zero-order valence-electron chi connectivity index (χ0n) is 10.7. The van der Waals surface area contributed by atoms with Gasteiger partial charge in [0.05, 0.1) is 10.9 Å². The van der Waals surface area contributed by atoms with Gasteiger partial charge in [-0.1, -0.05) is 11.6 Å². The minimum Gasteiger partial charge on any atom is -0.363 e. The highest BCUT2D eigenvalue weighted by Gasteiger charge is 2.08. The quantitative estimate of drug-likeness (QED) is 0.943. The number of pyridine rings is 1. The smallest absolute Gasteiger partial charge is 0.251 e. The molecule has 0 atom stereocenters. The van der Waals surface area contributed by atoms with E-state index in [0.717, 1.165) is 15.0 Å². The second kappa shape index (κ2) is 6.04. The molecule has 0 spiro atoms. The van der Waals surface area contributed by atoms with Gasteiger partial charge in [-0.05, 0) is 24.3 Å². The molecular weight excluding hydrogens is 282 g/mol. The third-order valence-corrected chi connectivity index (χ3v) is 3.75. The number of carbonyl (C=O) groups excluding carboxylic acids is 1. The second-order valence-corrected chi connectivity index (χ2v) is 5.99. The molecule has 1 N–H and O–H groups in total. The summed E-state index contributed by atoms with van der Waals surface area (Å²) in [4.78, 5) is 19.1. The van der Waals surface area contributed by atoms with Crippen LogP contribution in [-0.4, -0.2) is 25.0 Å². The summed E-state index contributed by atoms with van der Waals surface area (Å²) >= 11 is 7.30. The van der Waals surface area contributed by atoms with Crippen molar-refractivity contribution in [3.05, 3.63) is 45.2 Å². The number of nitrogens with one attached hydrogen (secondary N) is 1. The van der Waals surface area contributed by atoms with Crippen molar-refractivity contribution in [3.8, 4) is 0 Å². The van der Waals surface area contributed by atoms with E-state index in [2.05, 4.69) is 10.3 Å². The van der Waals surface area contributed by atoms with Crippen LogP contribution in [0.5, 0.6) is 0 Å². The SMILES string of the molecule is CN(C)c1cc(C(=O)NCc2ccc(Cl)s2)ccn1. The Morgan fingerprint density at radius 3 is 2.84 bits per heavy atom. The monoisotopic (exact) mass is 295 g/mol. The zero-order valence-corrected chi connectivity index (χ0v) is 12.3. The Balaban J connectivity index is 2.01. The molecule has 0 aliphatic heterocycles. The van der Waals surface area contributed by atoms with Crippen LogP contribution in [0.25, 0.3) is 0 Å². The van der Waals surface area contributed by atoms with E-state index < -0.39 is 0 Å². The first-order valence-electron chi connectivity index (χ1n) is 5.72. The summed E-state index contributed by atoms with van der Waals surface area (Å²) in [6.07, 6.45) is 1.63. The molecule has 0 bridgehead atoms. The minimum atomic E-state index is -0.116. The summed E-state index contributed by atoms with van der Waals surface area (Å²) in [7, 11) is 3.77. The first-order chi connectivity index (χ1) is 9.06. The molecule has 0 saturated heterocycles. The van der Waals surface area contributed by atoms with E-state index in [9.17, 15) is 4.79 Å². The van der Waals surface area contributed by atoms with Crippen molar-refractivity contribution in [1.82, 2.24) is 10.3 Å². The van der Waals surface area contributed by atoms with Gasteiger partial charge in [0.2, 0.25) is 0 Å². The third-order valence-electron chi connectivity index (χ3n) is 2.52. The van der Waals surface area contributed by atoms with E-state index >= 15 is 0 Å². The molecule has 0 radical (unpaired) electrons. The Kier molecular flexibility index (Phi) is 4.39. The highest BCUT2D eigenvalue weighted by Crippen LogP contribution is 2.21. The number of rotatable bonds is 4. The molecule has 0 aromatic carbocycles. The number of anilines is 1. The number of halogens is 1. The molecule has 100 valence electrons. The number of hydrogen-bond acceptors (Lipinski definition) is 4. The number of thiophene rings is 1. The highest BCUT2D eigenvalue weighted by molar-refractivity contribution is 7.16. The second-order valence-electron chi connectivity index (χ2n) is 4.19. The van der Waals surface area contributed by atoms with Crippen LogP contribution in [0.15, 0.2) is 30.5 Å². The molecule has 19 heavy (non-hydrogen) atoms. The van der Waals surface area contributed by atoms with Crippen molar-refractivity contribution in [3.63, 3.8) is 0 Å². The lowest BCUT2D eigenvalue weighted by atomic mass is 10.2. The molecular formula is C13H14ClN3OS. The predicted molar refractivity (Wildman–Crippen MR) is 79.1 cm³/mol. The van der Waals surface area contributed by atoms with Crippen molar-refractivity contribution in [1.29, 1.82) is 0 Å². The maximum atomic E-state index is 12.0. The van der Waals surface area contributed by atoms with Gasteiger partial charge in [-0.25, -0.2) is 4.98 Å². The molecule has 0 fully saturated rings. The van der Waals surface area contributed by atoms with Crippen LogP contribution in [0.4, 0.5) is 5.82 Å². The maximum absolute atomic E-state index is 12.0. The van der Waals surface area contributed by atoms with Crippen LogP contribution in [0.1, 0.15) is 15.2 Å². The summed E-state index contributed by atoms with van der Waals surface area (Å²) in [5, 5.41) is 2.86. The zero-order chi connectivity index (χ0) is 13.8. The normalized spacial score (nSPS) is 10.3. The predicted octanol–water partition coefficient (Wildman–Crippen LogP) is 2.79. The van der Waals surface area contributed by atoms with Gasteiger partial charge in [0.15, 0.2) is 0 Å². The first-order valence-corrected chi connectivity index (χ1v) is 6.91. The molecule has 0 saturated carbocycles. The van der Waals surface area contributed by atoms with Crippen LogP contribution in [-0.2, 0) is 6.54 Å². The number of nitrogens with zero attached hydrogens (tertiary/aromatic N) is 2. The highest BCUT2D eigenvalue weighted by atomic mass is 35.5. The van der Waals surface area contributed by atoms with Gasteiger partial charge in [-0.2, -0.15) is 0 Å². The molecule has 0 aliphatic carbocycles. The molecule has 1 amide bonds. The summed E-state index contributed by atoms with van der Waals surface area (Å²) in [5.74, 6) is 0.641. The number of aromatic nitrogens is 1. The molecule has 2 heterocycles.